The fraction of sp³-hybridized carbons (Fsp3) is 0.650. The fourth-order valence-corrected chi connectivity index (χ4v) is 3.33. The van der Waals surface area contributed by atoms with Crippen molar-refractivity contribution in [1.82, 2.24) is 4.90 Å². The van der Waals surface area contributed by atoms with Crippen LogP contribution >= 0.6 is 0 Å². The van der Waals surface area contributed by atoms with Crippen LogP contribution in [0, 0.1) is 11.8 Å². The normalized spacial score (nSPS) is 21.6. The molecule has 0 saturated carbocycles. The third kappa shape index (κ3) is 4.97. The number of methoxy groups -OCH3 is 1. The summed E-state index contributed by atoms with van der Waals surface area (Å²) in [7, 11) is 1.65. The van der Waals surface area contributed by atoms with Crippen LogP contribution in [-0.4, -0.2) is 43.7 Å². The number of carbonyl (C=O) groups excluding carboxylic acids is 1. The second kappa shape index (κ2) is 9.07. The highest BCUT2D eigenvalue weighted by Crippen LogP contribution is 2.27. The zero-order valence-electron chi connectivity index (χ0n) is 15.5. The van der Waals surface area contributed by atoms with Gasteiger partial charge in [0, 0.05) is 25.3 Å². The highest BCUT2D eigenvalue weighted by Gasteiger charge is 2.30. The first-order chi connectivity index (χ1) is 11.5. The number of likely N-dealkylation sites (tertiary alicyclic amines) is 1. The summed E-state index contributed by atoms with van der Waals surface area (Å²) >= 11 is 0. The summed E-state index contributed by atoms with van der Waals surface area (Å²) < 4.78 is 10.5. The van der Waals surface area contributed by atoms with E-state index in [9.17, 15) is 4.79 Å². The molecule has 0 aliphatic carbocycles. The average molecular weight is 333 g/mol. The summed E-state index contributed by atoms with van der Waals surface area (Å²) in [6.07, 6.45) is 3.40. The molecule has 0 aromatic heterocycles. The molecule has 2 atom stereocenters. The van der Waals surface area contributed by atoms with E-state index in [0.717, 1.165) is 30.7 Å². The van der Waals surface area contributed by atoms with Gasteiger partial charge in [-0.2, -0.15) is 0 Å². The molecule has 0 bridgehead atoms. The van der Waals surface area contributed by atoms with Crippen molar-refractivity contribution in [3.05, 3.63) is 29.8 Å². The van der Waals surface area contributed by atoms with E-state index in [0.29, 0.717) is 31.1 Å². The van der Waals surface area contributed by atoms with Gasteiger partial charge in [0.25, 0.3) is 5.91 Å². The van der Waals surface area contributed by atoms with Gasteiger partial charge in [-0.15, -0.1) is 0 Å². The van der Waals surface area contributed by atoms with Crippen molar-refractivity contribution in [2.24, 2.45) is 11.8 Å². The number of benzene rings is 1. The van der Waals surface area contributed by atoms with E-state index in [1.54, 1.807) is 7.11 Å². The first-order valence-electron chi connectivity index (χ1n) is 9.05. The van der Waals surface area contributed by atoms with Gasteiger partial charge in [0.15, 0.2) is 0 Å². The molecule has 1 heterocycles. The van der Waals surface area contributed by atoms with E-state index in [1.807, 2.05) is 24.3 Å². The van der Waals surface area contributed by atoms with Crippen LogP contribution < -0.4 is 4.74 Å². The van der Waals surface area contributed by atoms with Gasteiger partial charge in [-0.25, -0.2) is 0 Å². The lowest BCUT2D eigenvalue weighted by Crippen LogP contribution is -2.42. The summed E-state index contributed by atoms with van der Waals surface area (Å²) in [5.74, 6) is 2.09. The quantitative estimate of drug-likeness (QED) is 0.739. The summed E-state index contributed by atoms with van der Waals surface area (Å²) in [6.45, 7) is 8.65. The van der Waals surface area contributed by atoms with Crippen LogP contribution in [0.4, 0.5) is 0 Å². The molecule has 2 unspecified atom stereocenters. The van der Waals surface area contributed by atoms with Gasteiger partial charge < -0.3 is 14.4 Å². The van der Waals surface area contributed by atoms with E-state index < -0.39 is 0 Å². The SMILES string of the molecule is COCCOc1ccc(C(=O)N2CCC(C)CCC2C(C)C)cc1. The molecule has 134 valence electrons. The van der Waals surface area contributed by atoms with E-state index in [4.69, 9.17) is 9.47 Å². The molecule has 1 aromatic carbocycles. The smallest absolute Gasteiger partial charge is 0.254 e. The summed E-state index contributed by atoms with van der Waals surface area (Å²) in [6, 6.07) is 7.81. The van der Waals surface area contributed by atoms with Gasteiger partial charge in [0.2, 0.25) is 0 Å². The zero-order valence-corrected chi connectivity index (χ0v) is 15.5. The maximum atomic E-state index is 13.0. The largest absolute Gasteiger partial charge is 0.491 e. The van der Waals surface area contributed by atoms with Crippen LogP contribution in [0.15, 0.2) is 24.3 Å². The van der Waals surface area contributed by atoms with Crippen molar-refractivity contribution in [1.29, 1.82) is 0 Å². The molecule has 2 rings (SSSR count). The molecular weight excluding hydrogens is 302 g/mol. The minimum atomic E-state index is 0.145. The molecule has 4 nitrogen and oxygen atoms in total. The standard InChI is InChI=1S/C20H31NO3/c1-15(2)19-10-5-16(3)11-12-21(19)20(22)17-6-8-18(9-7-17)24-14-13-23-4/h6-9,15-16,19H,5,10-14H2,1-4H3. The maximum absolute atomic E-state index is 13.0. The van der Waals surface area contributed by atoms with Gasteiger partial charge in [0.05, 0.1) is 6.61 Å². The predicted octanol–water partition coefficient (Wildman–Crippen LogP) is 4.00. The van der Waals surface area contributed by atoms with Crippen LogP contribution in [0.1, 0.15) is 50.4 Å². The minimum Gasteiger partial charge on any atom is -0.491 e. The molecule has 1 aromatic rings. The molecule has 0 spiro atoms. The van der Waals surface area contributed by atoms with Crippen LogP contribution in [0.3, 0.4) is 0 Å². The topological polar surface area (TPSA) is 38.8 Å². The number of amides is 1. The first kappa shape index (κ1) is 18.8. The van der Waals surface area contributed by atoms with Crippen molar-refractivity contribution in [3.8, 4) is 5.75 Å². The minimum absolute atomic E-state index is 0.145. The number of nitrogens with zero attached hydrogens (tertiary/aromatic N) is 1. The lowest BCUT2D eigenvalue weighted by atomic mass is 9.95. The lowest BCUT2D eigenvalue weighted by Gasteiger charge is -2.33. The number of ether oxygens (including phenoxy) is 2. The second-order valence-electron chi connectivity index (χ2n) is 7.15. The van der Waals surface area contributed by atoms with E-state index in [1.165, 1.54) is 6.42 Å². The molecule has 24 heavy (non-hydrogen) atoms. The van der Waals surface area contributed by atoms with Crippen LogP contribution in [-0.2, 0) is 4.74 Å². The number of hydrogen-bond donors (Lipinski definition) is 0. The Kier molecular flexibility index (Phi) is 7.10. The molecule has 4 heteroatoms. The molecule has 0 radical (unpaired) electrons. The third-order valence-electron chi connectivity index (χ3n) is 4.91. The Labute approximate surface area is 146 Å². The molecule has 1 aliphatic heterocycles. The molecule has 1 amide bonds. The summed E-state index contributed by atoms with van der Waals surface area (Å²) in [5.41, 5.74) is 0.745. The second-order valence-corrected chi connectivity index (χ2v) is 7.15. The number of hydrogen-bond acceptors (Lipinski definition) is 3. The molecule has 1 saturated heterocycles. The molecular formula is C20H31NO3. The zero-order chi connectivity index (χ0) is 17.5. The lowest BCUT2D eigenvalue weighted by molar-refractivity contribution is 0.0631. The van der Waals surface area contributed by atoms with Crippen molar-refractivity contribution < 1.29 is 14.3 Å². The molecule has 1 fully saturated rings. The molecule has 1 aliphatic rings. The Morgan fingerprint density at radius 3 is 2.50 bits per heavy atom. The van der Waals surface area contributed by atoms with E-state index >= 15 is 0 Å². The van der Waals surface area contributed by atoms with Gasteiger partial charge in [-0.3, -0.25) is 4.79 Å². The Bertz CT molecular complexity index is 512. The van der Waals surface area contributed by atoms with Crippen LogP contribution in [0.25, 0.3) is 0 Å². The third-order valence-corrected chi connectivity index (χ3v) is 4.91. The Balaban J connectivity index is 2.07. The van der Waals surface area contributed by atoms with Gasteiger partial charge in [0.1, 0.15) is 12.4 Å². The molecule has 0 N–H and O–H groups in total. The summed E-state index contributed by atoms with van der Waals surface area (Å²) in [4.78, 5) is 15.1. The first-order valence-corrected chi connectivity index (χ1v) is 9.05. The number of rotatable bonds is 6. The van der Waals surface area contributed by atoms with E-state index in [-0.39, 0.29) is 5.91 Å². The van der Waals surface area contributed by atoms with Crippen LogP contribution in [0.2, 0.25) is 0 Å². The highest BCUT2D eigenvalue weighted by atomic mass is 16.5. The van der Waals surface area contributed by atoms with Crippen molar-refractivity contribution in [3.63, 3.8) is 0 Å². The monoisotopic (exact) mass is 333 g/mol. The Hall–Kier alpha value is -1.55. The van der Waals surface area contributed by atoms with E-state index in [2.05, 4.69) is 25.7 Å². The van der Waals surface area contributed by atoms with Crippen molar-refractivity contribution in [2.75, 3.05) is 26.9 Å². The van der Waals surface area contributed by atoms with Crippen LogP contribution in [0.5, 0.6) is 5.75 Å². The fourth-order valence-electron chi connectivity index (χ4n) is 3.33. The highest BCUT2D eigenvalue weighted by molar-refractivity contribution is 5.94. The summed E-state index contributed by atoms with van der Waals surface area (Å²) in [5, 5.41) is 0. The Morgan fingerprint density at radius 1 is 1.17 bits per heavy atom. The Morgan fingerprint density at radius 2 is 1.88 bits per heavy atom. The van der Waals surface area contributed by atoms with Crippen molar-refractivity contribution >= 4 is 5.91 Å². The van der Waals surface area contributed by atoms with Gasteiger partial charge >= 0.3 is 0 Å². The van der Waals surface area contributed by atoms with Gasteiger partial charge in [-0.1, -0.05) is 20.8 Å². The van der Waals surface area contributed by atoms with Gasteiger partial charge in [-0.05, 0) is 55.4 Å². The average Bonchev–Trinajstić information content (AvgIpc) is 2.77. The van der Waals surface area contributed by atoms with Crippen molar-refractivity contribution in [2.45, 2.75) is 46.1 Å². The maximum Gasteiger partial charge on any atom is 0.254 e. The predicted molar refractivity (Wildman–Crippen MR) is 96.5 cm³/mol. The number of carbonyl (C=O) groups is 1.